The second kappa shape index (κ2) is 7.17. The van der Waals surface area contributed by atoms with Gasteiger partial charge in [-0.1, -0.05) is 6.42 Å². The molecule has 3 rings (SSSR count). The van der Waals surface area contributed by atoms with Gasteiger partial charge in [0.1, 0.15) is 5.69 Å². The van der Waals surface area contributed by atoms with Gasteiger partial charge in [-0.05, 0) is 50.4 Å². The molecule has 0 radical (unpaired) electrons. The molecule has 2 saturated heterocycles. The minimum atomic E-state index is -0.176. The number of rotatable bonds is 3. The quantitative estimate of drug-likeness (QED) is 0.923. The second-order valence-corrected chi connectivity index (χ2v) is 6.73. The van der Waals surface area contributed by atoms with Gasteiger partial charge in [0.2, 0.25) is 0 Å². The summed E-state index contributed by atoms with van der Waals surface area (Å²) in [6.07, 6.45) is 6.68. The lowest BCUT2D eigenvalue weighted by molar-refractivity contribution is 0.192. The first-order valence-electron chi connectivity index (χ1n) is 8.57. The number of nitrogens with zero attached hydrogens (tertiary/aromatic N) is 3. The molecule has 1 N–H and O–H groups in total. The van der Waals surface area contributed by atoms with Gasteiger partial charge in [-0.15, -0.1) is 0 Å². The summed E-state index contributed by atoms with van der Waals surface area (Å²) < 4.78 is 1.47. The highest BCUT2D eigenvalue weighted by molar-refractivity contribution is 5.89. The maximum absolute atomic E-state index is 12.4. The second-order valence-electron chi connectivity index (χ2n) is 6.73. The van der Waals surface area contributed by atoms with Crippen molar-refractivity contribution in [1.29, 1.82) is 0 Å². The number of amides is 2. The Kier molecular flexibility index (Phi) is 5.00. The van der Waals surface area contributed by atoms with E-state index in [0.29, 0.717) is 11.6 Å². The third-order valence-corrected chi connectivity index (χ3v) is 4.90. The number of piperidine rings is 1. The zero-order valence-electron chi connectivity index (χ0n) is 13.8. The fourth-order valence-corrected chi connectivity index (χ4v) is 3.56. The number of aromatic nitrogens is 1. The van der Waals surface area contributed by atoms with Gasteiger partial charge >= 0.3 is 6.03 Å². The van der Waals surface area contributed by atoms with E-state index in [4.69, 9.17) is 0 Å². The highest BCUT2D eigenvalue weighted by atomic mass is 16.2. The maximum atomic E-state index is 12.4. The molecule has 2 fully saturated rings. The topological polar surface area (TPSA) is 57.6 Å². The standard InChI is InChI=1S/C17H26N4O2/c1-19-8-5-6-15(16(19)22)18-17(23)21-11-7-14(13-21)12-20-9-3-2-4-10-20/h5-6,8,14H,2-4,7,9-13H2,1H3,(H,18,23). The van der Waals surface area contributed by atoms with E-state index in [2.05, 4.69) is 10.2 Å². The largest absolute Gasteiger partial charge is 0.324 e. The number of likely N-dealkylation sites (tertiary alicyclic amines) is 2. The Balaban J connectivity index is 1.53. The van der Waals surface area contributed by atoms with Crippen LogP contribution in [0.3, 0.4) is 0 Å². The van der Waals surface area contributed by atoms with Crippen molar-refractivity contribution in [2.24, 2.45) is 13.0 Å². The van der Waals surface area contributed by atoms with Crippen LogP contribution in [0.5, 0.6) is 0 Å². The minimum absolute atomic E-state index is 0.158. The number of hydrogen-bond acceptors (Lipinski definition) is 3. The Hall–Kier alpha value is -1.82. The summed E-state index contributed by atoms with van der Waals surface area (Å²) in [6.45, 7) is 5.05. The van der Waals surface area contributed by atoms with Crippen molar-refractivity contribution in [3.63, 3.8) is 0 Å². The fourth-order valence-electron chi connectivity index (χ4n) is 3.56. The zero-order chi connectivity index (χ0) is 16.2. The number of nitrogens with one attached hydrogen (secondary N) is 1. The molecule has 1 atom stereocenters. The predicted molar refractivity (Wildman–Crippen MR) is 90.7 cm³/mol. The molecule has 0 saturated carbocycles. The van der Waals surface area contributed by atoms with Gasteiger partial charge in [-0.2, -0.15) is 0 Å². The third-order valence-electron chi connectivity index (χ3n) is 4.90. The van der Waals surface area contributed by atoms with E-state index in [-0.39, 0.29) is 11.6 Å². The Morgan fingerprint density at radius 3 is 2.83 bits per heavy atom. The molecule has 2 aliphatic heterocycles. The van der Waals surface area contributed by atoms with Gasteiger partial charge in [0, 0.05) is 32.9 Å². The van der Waals surface area contributed by atoms with Crippen LogP contribution < -0.4 is 10.9 Å². The lowest BCUT2D eigenvalue weighted by Crippen LogP contribution is -2.38. The van der Waals surface area contributed by atoms with Gasteiger partial charge in [0.05, 0.1) is 0 Å². The van der Waals surface area contributed by atoms with Crippen LogP contribution in [0.4, 0.5) is 10.5 Å². The third kappa shape index (κ3) is 3.93. The SMILES string of the molecule is Cn1cccc(NC(=O)N2CCC(CN3CCCCC3)C2)c1=O. The number of aryl methyl sites for hydroxylation is 1. The van der Waals surface area contributed by atoms with Crippen molar-refractivity contribution < 1.29 is 4.79 Å². The predicted octanol–water partition coefficient (Wildman–Crippen LogP) is 1.72. The van der Waals surface area contributed by atoms with E-state index in [0.717, 1.165) is 26.1 Å². The van der Waals surface area contributed by atoms with Crippen molar-refractivity contribution in [2.45, 2.75) is 25.7 Å². The molecule has 0 bridgehead atoms. The van der Waals surface area contributed by atoms with Gasteiger partial charge in [-0.25, -0.2) is 4.79 Å². The maximum Gasteiger partial charge on any atom is 0.322 e. The van der Waals surface area contributed by atoms with Crippen molar-refractivity contribution >= 4 is 11.7 Å². The Labute approximate surface area is 137 Å². The van der Waals surface area contributed by atoms with Crippen molar-refractivity contribution in [3.05, 3.63) is 28.7 Å². The number of anilines is 1. The number of hydrogen-bond donors (Lipinski definition) is 1. The van der Waals surface area contributed by atoms with Crippen LogP contribution in [0.1, 0.15) is 25.7 Å². The zero-order valence-corrected chi connectivity index (χ0v) is 13.8. The normalized spacial score (nSPS) is 22.3. The lowest BCUT2D eigenvalue weighted by atomic mass is 10.1. The average molecular weight is 318 g/mol. The fraction of sp³-hybridized carbons (Fsp3) is 0.647. The van der Waals surface area contributed by atoms with Crippen molar-refractivity contribution in [3.8, 4) is 0 Å². The van der Waals surface area contributed by atoms with E-state index in [1.807, 2.05) is 4.90 Å². The molecule has 23 heavy (non-hydrogen) atoms. The van der Waals surface area contributed by atoms with E-state index in [1.54, 1.807) is 25.4 Å². The molecule has 1 aromatic heterocycles. The van der Waals surface area contributed by atoms with E-state index in [9.17, 15) is 9.59 Å². The first-order valence-corrected chi connectivity index (χ1v) is 8.57. The first-order chi connectivity index (χ1) is 11.1. The average Bonchev–Trinajstić information content (AvgIpc) is 3.01. The molecule has 6 nitrogen and oxygen atoms in total. The Bertz CT molecular complexity index is 607. The number of urea groups is 1. The smallest absolute Gasteiger partial charge is 0.322 e. The van der Waals surface area contributed by atoms with Crippen molar-refractivity contribution in [2.75, 3.05) is 38.0 Å². The summed E-state index contributed by atoms with van der Waals surface area (Å²) in [5.74, 6) is 0.553. The lowest BCUT2D eigenvalue weighted by Gasteiger charge is -2.29. The summed E-state index contributed by atoms with van der Waals surface area (Å²) in [6, 6.07) is 3.26. The van der Waals surface area contributed by atoms with E-state index >= 15 is 0 Å². The van der Waals surface area contributed by atoms with E-state index < -0.39 is 0 Å². The summed E-state index contributed by atoms with van der Waals surface area (Å²) in [7, 11) is 1.68. The summed E-state index contributed by atoms with van der Waals surface area (Å²) in [5.41, 5.74) is 0.171. The molecule has 0 spiro atoms. The molecule has 2 amide bonds. The molecule has 0 aliphatic carbocycles. The van der Waals surface area contributed by atoms with Crippen LogP contribution in [-0.2, 0) is 7.05 Å². The van der Waals surface area contributed by atoms with Crippen LogP contribution >= 0.6 is 0 Å². The van der Waals surface area contributed by atoms with Crippen LogP contribution in [0, 0.1) is 5.92 Å². The van der Waals surface area contributed by atoms with E-state index in [1.165, 1.54) is 36.9 Å². The van der Waals surface area contributed by atoms with Crippen LogP contribution in [0.2, 0.25) is 0 Å². The van der Waals surface area contributed by atoms with Crippen molar-refractivity contribution in [1.82, 2.24) is 14.4 Å². The number of pyridine rings is 1. The first kappa shape index (κ1) is 16.1. The molecule has 126 valence electrons. The van der Waals surface area contributed by atoms with Gasteiger partial charge in [-0.3, -0.25) is 4.79 Å². The summed E-state index contributed by atoms with van der Waals surface area (Å²) in [5, 5.41) is 2.76. The molecule has 3 heterocycles. The van der Waals surface area contributed by atoms with Crippen LogP contribution in [-0.4, -0.2) is 53.1 Å². The van der Waals surface area contributed by atoms with Gasteiger partial charge in [0.15, 0.2) is 0 Å². The molecular formula is C17H26N4O2. The molecule has 1 unspecified atom stereocenters. The monoisotopic (exact) mass is 318 g/mol. The highest BCUT2D eigenvalue weighted by Crippen LogP contribution is 2.20. The molecule has 1 aromatic rings. The number of carbonyl (C=O) groups is 1. The summed E-state index contributed by atoms with van der Waals surface area (Å²) >= 11 is 0. The number of carbonyl (C=O) groups excluding carboxylic acids is 1. The minimum Gasteiger partial charge on any atom is -0.324 e. The molecule has 0 aromatic carbocycles. The van der Waals surface area contributed by atoms with Crippen LogP contribution in [0.15, 0.2) is 23.1 Å². The van der Waals surface area contributed by atoms with Gasteiger partial charge in [0.25, 0.3) is 5.56 Å². The highest BCUT2D eigenvalue weighted by Gasteiger charge is 2.28. The van der Waals surface area contributed by atoms with Crippen LogP contribution in [0.25, 0.3) is 0 Å². The summed E-state index contributed by atoms with van der Waals surface area (Å²) in [4.78, 5) is 28.7. The molecular weight excluding hydrogens is 292 g/mol. The van der Waals surface area contributed by atoms with Gasteiger partial charge < -0.3 is 19.7 Å². The molecule has 6 heteroatoms. The Morgan fingerprint density at radius 2 is 2.04 bits per heavy atom. The molecule has 2 aliphatic rings. The Morgan fingerprint density at radius 1 is 1.26 bits per heavy atom.